The van der Waals surface area contributed by atoms with Crippen LogP contribution < -0.4 is 4.74 Å². The van der Waals surface area contributed by atoms with Crippen LogP contribution in [0, 0.1) is 6.92 Å². The maximum atomic E-state index is 11.1. The van der Waals surface area contributed by atoms with E-state index in [2.05, 4.69) is 0 Å². The number of aliphatic hydroxyl groups is 4. The van der Waals surface area contributed by atoms with Gasteiger partial charge in [-0.25, -0.2) is 4.79 Å². The van der Waals surface area contributed by atoms with Gasteiger partial charge in [0.1, 0.15) is 35.9 Å². The van der Waals surface area contributed by atoms with Gasteiger partial charge in [0, 0.05) is 11.6 Å². The molecule has 0 amide bonds. The number of aliphatic hydroxyl groups excluding tert-OH is 4. The van der Waals surface area contributed by atoms with Gasteiger partial charge in [0.25, 0.3) is 0 Å². The lowest BCUT2D eigenvalue weighted by molar-refractivity contribution is -0.277. The number of hydrogen-bond donors (Lipinski definition) is 6. The van der Waals surface area contributed by atoms with E-state index in [9.17, 15) is 25.2 Å². The second-order valence-corrected chi connectivity index (χ2v) is 5.24. The molecule has 1 aliphatic heterocycles. The number of rotatable bonds is 4. The molecular formula is C14H18O9. The SMILES string of the molecule is Cc1c(O[C@@H]2O[C@H](CO)[C@@H](O)[C@H](O)[C@H]2O)cc(O)cc1C(=O)O. The second kappa shape index (κ2) is 6.69. The average molecular weight is 330 g/mol. The molecule has 6 N–H and O–H groups in total. The molecule has 1 aliphatic rings. The molecule has 1 aromatic carbocycles. The molecule has 9 nitrogen and oxygen atoms in total. The van der Waals surface area contributed by atoms with E-state index in [1.165, 1.54) is 6.92 Å². The Balaban J connectivity index is 2.29. The predicted octanol–water partition coefficient (Wildman–Crippen LogP) is -1.42. The summed E-state index contributed by atoms with van der Waals surface area (Å²) >= 11 is 0. The first-order chi connectivity index (χ1) is 10.8. The lowest BCUT2D eigenvalue weighted by Crippen LogP contribution is -2.60. The largest absolute Gasteiger partial charge is 0.508 e. The molecular weight excluding hydrogens is 312 g/mol. The molecule has 2 rings (SSSR count). The van der Waals surface area contributed by atoms with Crippen molar-refractivity contribution in [3.05, 3.63) is 23.3 Å². The molecule has 0 unspecified atom stereocenters. The third-order valence-corrected chi connectivity index (χ3v) is 3.67. The summed E-state index contributed by atoms with van der Waals surface area (Å²) in [5.74, 6) is -1.73. The van der Waals surface area contributed by atoms with Gasteiger partial charge in [0.15, 0.2) is 0 Å². The summed E-state index contributed by atoms with van der Waals surface area (Å²) in [4.78, 5) is 11.1. The lowest BCUT2D eigenvalue weighted by atomic mass is 9.99. The Bertz CT molecular complexity index is 586. The van der Waals surface area contributed by atoms with E-state index < -0.39 is 43.3 Å². The molecule has 1 heterocycles. The van der Waals surface area contributed by atoms with Crippen LogP contribution in [-0.4, -0.2) is 73.9 Å². The van der Waals surface area contributed by atoms with E-state index in [1.54, 1.807) is 0 Å². The Morgan fingerprint density at radius 3 is 2.43 bits per heavy atom. The number of phenolic OH excluding ortho intramolecular Hbond substituents is 1. The summed E-state index contributed by atoms with van der Waals surface area (Å²) in [5.41, 5.74) is -0.0307. The highest BCUT2D eigenvalue weighted by atomic mass is 16.7. The van der Waals surface area contributed by atoms with Crippen molar-refractivity contribution in [2.75, 3.05) is 6.61 Å². The van der Waals surface area contributed by atoms with Crippen molar-refractivity contribution >= 4 is 5.97 Å². The van der Waals surface area contributed by atoms with Gasteiger partial charge in [-0.15, -0.1) is 0 Å². The van der Waals surface area contributed by atoms with Crippen molar-refractivity contribution in [1.29, 1.82) is 0 Å². The van der Waals surface area contributed by atoms with Crippen molar-refractivity contribution in [3.63, 3.8) is 0 Å². The summed E-state index contributed by atoms with van der Waals surface area (Å²) in [6.07, 6.45) is -7.41. The van der Waals surface area contributed by atoms with Crippen LogP contribution in [0.15, 0.2) is 12.1 Å². The van der Waals surface area contributed by atoms with Crippen LogP contribution in [0.4, 0.5) is 0 Å². The zero-order valence-corrected chi connectivity index (χ0v) is 12.2. The number of carboxylic acid groups (broad SMARTS) is 1. The van der Waals surface area contributed by atoms with Gasteiger partial charge in [-0.3, -0.25) is 0 Å². The maximum Gasteiger partial charge on any atom is 0.336 e. The third kappa shape index (κ3) is 3.38. The number of carboxylic acids is 1. The van der Waals surface area contributed by atoms with Gasteiger partial charge in [0.2, 0.25) is 6.29 Å². The van der Waals surface area contributed by atoms with Crippen molar-refractivity contribution in [3.8, 4) is 11.5 Å². The Labute approximate surface area is 130 Å². The van der Waals surface area contributed by atoms with Crippen LogP contribution in [0.1, 0.15) is 15.9 Å². The van der Waals surface area contributed by atoms with E-state index in [-0.39, 0.29) is 22.6 Å². The minimum atomic E-state index is -1.64. The van der Waals surface area contributed by atoms with Crippen LogP contribution >= 0.6 is 0 Å². The first-order valence-corrected chi connectivity index (χ1v) is 6.80. The zero-order chi connectivity index (χ0) is 17.3. The van der Waals surface area contributed by atoms with E-state index in [1.807, 2.05) is 0 Å². The van der Waals surface area contributed by atoms with Gasteiger partial charge in [0.05, 0.1) is 12.2 Å². The van der Waals surface area contributed by atoms with E-state index >= 15 is 0 Å². The first-order valence-electron chi connectivity index (χ1n) is 6.80. The van der Waals surface area contributed by atoms with Crippen LogP contribution in [0.3, 0.4) is 0 Å². The van der Waals surface area contributed by atoms with Gasteiger partial charge in [-0.2, -0.15) is 0 Å². The van der Waals surface area contributed by atoms with E-state index in [4.69, 9.17) is 19.7 Å². The van der Waals surface area contributed by atoms with Gasteiger partial charge in [-0.05, 0) is 13.0 Å². The molecule has 128 valence electrons. The monoisotopic (exact) mass is 330 g/mol. The molecule has 0 saturated carbocycles. The molecule has 23 heavy (non-hydrogen) atoms. The maximum absolute atomic E-state index is 11.1. The van der Waals surface area contributed by atoms with E-state index in [0.717, 1.165) is 12.1 Å². The van der Waals surface area contributed by atoms with Gasteiger partial charge in [-0.1, -0.05) is 0 Å². The molecule has 0 spiro atoms. The summed E-state index contributed by atoms with van der Waals surface area (Å²) in [7, 11) is 0. The number of hydrogen-bond acceptors (Lipinski definition) is 8. The normalized spacial score (nSPS) is 30.9. The molecule has 9 heteroatoms. The Morgan fingerprint density at radius 2 is 1.87 bits per heavy atom. The van der Waals surface area contributed by atoms with Crippen LogP contribution in [0.5, 0.6) is 11.5 Å². The number of ether oxygens (including phenoxy) is 2. The van der Waals surface area contributed by atoms with Crippen molar-refractivity contribution in [1.82, 2.24) is 0 Å². The minimum Gasteiger partial charge on any atom is -0.508 e. The van der Waals surface area contributed by atoms with Crippen LogP contribution in [0.2, 0.25) is 0 Å². The fourth-order valence-electron chi connectivity index (χ4n) is 2.31. The van der Waals surface area contributed by atoms with Crippen molar-refractivity contribution < 1.29 is 44.9 Å². The molecule has 5 atom stereocenters. The molecule has 1 aromatic rings. The van der Waals surface area contributed by atoms with Crippen LogP contribution in [-0.2, 0) is 4.74 Å². The highest BCUT2D eigenvalue weighted by Crippen LogP contribution is 2.31. The fourth-order valence-corrected chi connectivity index (χ4v) is 2.31. The fraction of sp³-hybridized carbons (Fsp3) is 0.500. The summed E-state index contributed by atoms with van der Waals surface area (Å²) in [6, 6.07) is 2.17. The quantitative estimate of drug-likeness (QED) is 0.390. The second-order valence-electron chi connectivity index (χ2n) is 5.24. The smallest absolute Gasteiger partial charge is 0.336 e. The van der Waals surface area contributed by atoms with Crippen molar-refractivity contribution in [2.24, 2.45) is 0 Å². The topological polar surface area (TPSA) is 157 Å². The summed E-state index contributed by atoms with van der Waals surface area (Å²) in [5, 5.41) is 57.1. The molecule has 0 radical (unpaired) electrons. The predicted molar refractivity (Wildman–Crippen MR) is 74.2 cm³/mol. The summed E-state index contributed by atoms with van der Waals surface area (Å²) in [6.45, 7) is 0.812. The molecule has 0 aromatic heterocycles. The molecule has 0 bridgehead atoms. The lowest BCUT2D eigenvalue weighted by Gasteiger charge is -2.39. The molecule has 1 saturated heterocycles. The number of aromatic hydroxyl groups is 1. The highest BCUT2D eigenvalue weighted by Gasteiger charge is 2.44. The Morgan fingerprint density at radius 1 is 1.22 bits per heavy atom. The van der Waals surface area contributed by atoms with Crippen molar-refractivity contribution in [2.45, 2.75) is 37.6 Å². The van der Waals surface area contributed by atoms with Gasteiger partial charge >= 0.3 is 5.97 Å². The Hall–Kier alpha value is -1.91. The standard InChI is InChI=1S/C14H18O9/c1-5-7(13(20)21)2-6(16)3-8(5)22-14-12(19)11(18)10(17)9(4-15)23-14/h2-3,9-12,14-19H,4H2,1H3,(H,20,21)/t9-,10-,11+,12-,14-/m1/s1. The molecule has 0 aliphatic carbocycles. The minimum absolute atomic E-state index is 0.0771. The van der Waals surface area contributed by atoms with Crippen LogP contribution in [0.25, 0.3) is 0 Å². The van der Waals surface area contributed by atoms with E-state index in [0.29, 0.717) is 0 Å². The summed E-state index contributed by atoms with van der Waals surface area (Å²) < 4.78 is 10.5. The molecule has 1 fully saturated rings. The Kier molecular flexibility index (Phi) is 5.07. The average Bonchev–Trinajstić information content (AvgIpc) is 2.50. The number of aromatic carboxylic acids is 1. The first kappa shape index (κ1) is 17.4. The highest BCUT2D eigenvalue weighted by molar-refractivity contribution is 5.90. The van der Waals surface area contributed by atoms with Gasteiger partial charge < -0.3 is 40.1 Å². The number of benzene rings is 1. The number of carbonyl (C=O) groups is 1. The zero-order valence-electron chi connectivity index (χ0n) is 12.2. The number of phenols is 1. The third-order valence-electron chi connectivity index (χ3n) is 3.67.